The van der Waals surface area contributed by atoms with Gasteiger partial charge in [0, 0.05) is 0 Å². The van der Waals surface area contributed by atoms with Gasteiger partial charge >= 0.3 is 6.09 Å². The molecule has 2 amide bonds. The Morgan fingerprint density at radius 3 is 2.54 bits per heavy atom. The number of nitrogens with one attached hydrogen (secondary N) is 1. The minimum atomic E-state index is -0.648. The van der Waals surface area contributed by atoms with E-state index in [1.54, 1.807) is 39.0 Å². The fourth-order valence-electron chi connectivity index (χ4n) is 1.60. The van der Waals surface area contributed by atoms with Gasteiger partial charge in [0.05, 0.1) is 12.8 Å². The zero-order valence-electron chi connectivity index (χ0n) is 14.3. The normalized spacial score (nSPS) is 11.2. The molecule has 1 rings (SSSR count). The van der Waals surface area contributed by atoms with E-state index in [0.29, 0.717) is 23.7 Å². The fourth-order valence-corrected chi connectivity index (χ4v) is 1.60. The number of primary amides is 1. The highest BCUT2D eigenvalue weighted by Crippen LogP contribution is 2.28. The van der Waals surface area contributed by atoms with Gasteiger partial charge < -0.3 is 19.9 Å². The Hall–Kier alpha value is -2.77. The number of nitrogens with zero attached hydrogens (tertiary/aromatic N) is 1. The van der Waals surface area contributed by atoms with E-state index in [2.05, 4.69) is 10.5 Å². The molecule has 8 heteroatoms. The molecule has 3 N–H and O–H groups in total. The third-order valence-corrected chi connectivity index (χ3v) is 2.41. The number of benzene rings is 1. The topological polar surface area (TPSA) is 112 Å². The molecule has 8 nitrogen and oxygen atoms in total. The van der Waals surface area contributed by atoms with Crippen LogP contribution in [0.25, 0.3) is 0 Å². The molecule has 0 saturated heterocycles. The maximum Gasteiger partial charge on any atom is 0.428 e. The van der Waals surface area contributed by atoms with Crippen LogP contribution in [0.5, 0.6) is 11.5 Å². The number of nitrogens with two attached hydrogens (primary N) is 1. The summed E-state index contributed by atoms with van der Waals surface area (Å²) in [6.45, 7) is 7.28. The summed E-state index contributed by atoms with van der Waals surface area (Å²) in [5, 5.41) is 3.81. The summed E-state index contributed by atoms with van der Waals surface area (Å²) in [7, 11) is 0. The van der Waals surface area contributed by atoms with Gasteiger partial charge in [0.1, 0.15) is 5.60 Å². The van der Waals surface area contributed by atoms with Gasteiger partial charge in [-0.15, -0.1) is 0 Å². The highest BCUT2D eigenvalue weighted by Gasteiger charge is 2.15. The molecule has 0 saturated carbocycles. The standard InChI is InChI=1S/C16H23N3O5/c1-5-22-13-8-11(6-7-12(13)23-10-14(17)20)9-18-19-15(21)24-16(2,3)4/h6-9H,5,10H2,1-4H3,(H2,17,20)(H,19,21)/b18-9+. The van der Waals surface area contributed by atoms with Gasteiger partial charge in [-0.2, -0.15) is 5.10 Å². The number of hydrazone groups is 1. The van der Waals surface area contributed by atoms with Crippen molar-refractivity contribution < 1.29 is 23.8 Å². The minimum absolute atomic E-state index is 0.242. The van der Waals surface area contributed by atoms with Crippen molar-refractivity contribution in [1.82, 2.24) is 5.43 Å². The van der Waals surface area contributed by atoms with Crippen molar-refractivity contribution in [2.45, 2.75) is 33.3 Å². The third kappa shape index (κ3) is 7.48. The van der Waals surface area contributed by atoms with E-state index in [4.69, 9.17) is 19.9 Å². The highest BCUT2D eigenvalue weighted by molar-refractivity contribution is 5.82. The van der Waals surface area contributed by atoms with Crippen molar-refractivity contribution in [3.63, 3.8) is 0 Å². The summed E-state index contributed by atoms with van der Waals surface area (Å²) < 4.78 is 15.8. The van der Waals surface area contributed by atoms with Crippen LogP contribution in [-0.2, 0) is 9.53 Å². The zero-order chi connectivity index (χ0) is 18.2. The Morgan fingerprint density at radius 1 is 1.25 bits per heavy atom. The Labute approximate surface area is 140 Å². The first-order valence-electron chi connectivity index (χ1n) is 7.41. The molecule has 0 fully saturated rings. The molecule has 132 valence electrons. The van der Waals surface area contributed by atoms with Crippen LogP contribution in [0.3, 0.4) is 0 Å². The van der Waals surface area contributed by atoms with E-state index in [1.807, 2.05) is 6.92 Å². The van der Waals surface area contributed by atoms with Gasteiger partial charge in [-0.05, 0) is 51.5 Å². The van der Waals surface area contributed by atoms with E-state index >= 15 is 0 Å². The fraction of sp³-hybridized carbons (Fsp3) is 0.438. The van der Waals surface area contributed by atoms with Crippen LogP contribution in [0, 0.1) is 0 Å². The number of carbonyl (C=O) groups excluding carboxylic acids is 2. The molecule has 1 aromatic carbocycles. The molecule has 24 heavy (non-hydrogen) atoms. The van der Waals surface area contributed by atoms with Crippen molar-refractivity contribution in [2.24, 2.45) is 10.8 Å². The van der Waals surface area contributed by atoms with Crippen LogP contribution < -0.4 is 20.6 Å². The van der Waals surface area contributed by atoms with Gasteiger partial charge in [-0.1, -0.05) is 0 Å². The van der Waals surface area contributed by atoms with Crippen molar-refractivity contribution in [3.05, 3.63) is 23.8 Å². The van der Waals surface area contributed by atoms with E-state index < -0.39 is 17.6 Å². The Balaban J connectivity index is 2.74. The van der Waals surface area contributed by atoms with Gasteiger partial charge in [0.2, 0.25) is 0 Å². The Bertz CT molecular complexity index is 608. The lowest BCUT2D eigenvalue weighted by molar-refractivity contribution is -0.119. The van der Waals surface area contributed by atoms with Crippen LogP contribution in [0.1, 0.15) is 33.3 Å². The number of amides is 2. The summed E-state index contributed by atoms with van der Waals surface area (Å²) in [6, 6.07) is 4.99. The molecule has 0 aliphatic heterocycles. The quantitative estimate of drug-likeness (QED) is 0.582. The molecule has 0 unspecified atom stereocenters. The second kappa shape index (κ2) is 8.76. The van der Waals surface area contributed by atoms with Gasteiger partial charge in [0.25, 0.3) is 5.91 Å². The lowest BCUT2D eigenvalue weighted by atomic mass is 10.2. The van der Waals surface area contributed by atoms with Crippen LogP contribution in [0.4, 0.5) is 4.79 Å². The lowest BCUT2D eigenvalue weighted by Crippen LogP contribution is -2.29. The molecule has 0 bridgehead atoms. The molecule has 0 aliphatic carbocycles. The maximum absolute atomic E-state index is 11.5. The molecule has 0 aromatic heterocycles. The Morgan fingerprint density at radius 2 is 1.96 bits per heavy atom. The minimum Gasteiger partial charge on any atom is -0.490 e. The van der Waals surface area contributed by atoms with Crippen molar-refractivity contribution in [1.29, 1.82) is 0 Å². The van der Waals surface area contributed by atoms with Gasteiger partial charge in [-0.25, -0.2) is 10.2 Å². The SMILES string of the molecule is CCOc1cc(/C=N/NC(=O)OC(C)(C)C)ccc1OCC(N)=O. The largest absolute Gasteiger partial charge is 0.490 e. The average Bonchev–Trinajstić information content (AvgIpc) is 2.44. The number of ether oxygens (including phenoxy) is 3. The zero-order valence-corrected chi connectivity index (χ0v) is 14.3. The summed E-state index contributed by atoms with van der Waals surface area (Å²) in [5.74, 6) is 0.262. The Kier molecular flexibility index (Phi) is 7.03. The van der Waals surface area contributed by atoms with E-state index in [1.165, 1.54) is 6.21 Å². The summed E-state index contributed by atoms with van der Waals surface area (Å²) in [5.41, 5.74) is 7.39. The van der Waals surface area contributed by atoms with Crippen molar-refractivity contribution in [2.75, 3.05) is 13.2 Å². The van der Waals surface area contributed by atoms with Gasteiger partial charge in [-0.3, -0.25) is 4.79 Å². The van der Waals surface area contributed by atoms with E-state index in [-0.39, 0.29) is 6.61 Å². The van der Waals surface area contributed by atoms with Crippen molar-refractivity contribution >= 4 is 18.2 Å². The lowest BCUT2D eigenvalue weighted by Gasteiger charge is -2.18. The van der Waals surface area contributed by atoms with Crippen LogP contribution in [0.2, 0.25) is 0 Å². The molecular weight excluding hydrogens is 314 g/mol. The summed E-state index contributed by atoms with van der Waals surface area (Å²) >= 11 is 0. The van der Waals surface area contributed by atoms with Crippen molar-refractivity contribution in [3.8, 4) is 11.5 Å². The predicted molar refractivity (Wildman–Crippen MR) is 89.3 cm³/mol. The second-order valence-corrected chi connectivity index (χ2v) is 5.77. The van der Waals surface area contributed by atoms with Crippen LogP contribution in [-0.4, -0.2) is 37.0 Å². The van der Waals surface area contributed by atoms with E-state index in [9.17, 15) is 9.59 Å². The smallest absolute Gasteiger partial charge is 0.428 e. The summed E-state index contributed by atoms with van der Waals surface area (Å²) in [4.78, 5) is 22.3. The molecule has 0 spiro atoms. The first-order chi connectivity index (χ1) is 11.2. The number of hydrogen-bond donors (Lipinski definition) is 2. The molecule has 0 heterocycles. The molecular formula is C16H23N3O5. The molecule has 0 aliphatic rings. The highest BCUT2D eigenvalue weighted by atomic mass is 16.6. The maximum atomic E-state index is 11.5. The van der Waals surface area contributed by atoms with Gasteiger partial charge in [0.15, 0.2) is 18.1 Å². The van der Waals surface area contributed by atoms with E-state index in [0.717, 1.165) is 0 Å². The molecule has 0 atom stereocenters. The number of carbonyl (C=O) groups is 2. The molecule has 0 radical (unpaired) electrons. The number of hydrogen-bond acceptors (Lipinski definition) is 6. The first kappa shape index (κ1) is 19.3. The number of rotatable bonds is 7. The second-order valence-electron chi connectivity index (χ2n) is 5.77. The van der Waals surface area contributed by atoms with Crippen LogP contribution in [0.15, 0.2) is 23.3 Å². The third-order valence-electron chi connectivity index (χ3n) is 2.41. The molecule has 1 aromatic rings. The first-order valence-corrected chi connectivity index (χ1v) is 7.41. The van der Waals surface area contributed by atoms with Crippen LogP contribution >= 0.6 is 0 Å². The summed E-state index contributed by atoms with van der Waals surface area (Å²) in [6.07, 6.45) is 0.787. The monoisotopic (exact) mass is 337 g/mol. The predicted octanol–water partition coefficient (Wildman–Crippen LogP) is 1.81. The average molecular weight is 337 g/mol.